The van der Waals surface area contributed by atoms with Gasteiger partial charge in [-0.3, -0.25) is 19.8 Å². The molecule has 2 aromatic rings. The van der Waals surface area contributed by atoms with Crippen molar-refractivity contribution in [3.63, 3.8) is 0 Å². The van der Waals surface area contributed by atoms with Gasteiger partial charge in [-0.2, -0.15) is 0 Å². The minimum atomic E-state index is -0.575. The number of amides is 1. The molecule has 2 heterocycles. The molecule has 0 aliphatic carbocycles. The number of carbonyl (C=O) groups excluding carboxylic acids is 1. The predicted molar refractivity (Wildman–Crippen MR) is 114 cm³/mol. The predicted octanol–water partition coefficient (Wildman–Crippen LogP) is 4.18. The van der Waals surface area contributed by atoms with Crippen LogP contribution in [0.25, 0.3) is 6.08 Å². The zero-order valence-electron chi connectivity index (χ0n) is 15.2. The first-order valence-electron chi connectivity index (χ1n) is 8.26. The van der Waals surface area contributed by atoms with Gasteiger partial charge in [-0.15, -0.1) is 6.58 Å². The first kappa shape index (κ1) is 20.5. The van der Waals surface area contributed by atoms with E-state index in [0.29, 0.717) is 27.1 Å². The van der Waals surface area contributed by atoms with Crippen molar-refractivity contribution in [2.75, 3.05) is 13.7 Å². The molecule has 1 aromatic heterocycles. The molecule has 1 aromatic carbocycles. The first-order valence-corrected chi connectivity index (χ1v) is 9.48. The average Bonchev–Trinajstić information content (AvgIpc) is 2.97. The van der Waals surface area contributed by atoms with Crippen LogP contribution in [-0.2, 0) is 4.79 Å². The Morgan fingerprint density at radius 1 is 1.38 bits per heavy atom. The number of thioether (sulfide) groups is 1. The Morgan fingerprint density at radius 3 is 2.86 bits per heavy atom. The Morgan fingerprint density at radius 2 is 2.17 bits per heavy atom. The van der Waals surface area contributed by atoms with Crippen molar-refractivity contribution in [3.8, 4) is 17.4 Å². The minimum absolute atomic E-state index is 0.145. The standard InChI is InChI=1S/C19H15N3O5S2/c1-3-9-21-18(23)16(29-19(21)28)11-12-6-7-14(15(10-12)26-2)27-17-13(22(24)25)5-4-8-20-17/h3-8,10-11H,1,9H2,2H3/b16-11+. The number of carbonyl (C=O) groups is 1. The lowest BCUT2D eigenvalue weighted by atomic mass is 10.2. The van der Waals surface area contributed by atoms with E-state index in [4.69, 9.17) is 21.7 Å². The lowest BCUT2D eigenvalue weighted by molar-refractivity contribution is -0.386. The molecule has 0 unspecified atom stereocenters. The molecule has 0 atom stereocenters. The second-order valence-corrected chi connectivity index (χ2v) is 7.35. The second kappa shape index (κ2) is 8.84. The van der Waals surface area contributed by atoms with E-state index in [1.54, 1.807) is 30.4 Å². The third-order valence-corrected chi connectivity index (χ3v) is 5.20. The van der Waals surface area contributed by atoms with Crippen molar-refractivity contribution in [1.29, 1.82) is 0 Å². The fourth-order valence-corrected chi connectivity index (χ4v) is 3.78. The number of hydrogen-bond donors (Lipinski definition) is 0. The number of nitrogens with zero attached hydrogens (tertiary/aromatic N) is 3. The summed E-state index contributed by atoms with van der Waals surface area (Å²) in [5.41, 5.74) is 0.424. The van der Waals surface area contributed by atoms with E-state index in [2.05, 4.69) is 11.6 Å². The molecule has 1 saturated heterocycles. The number of benzene rings is 1. The highest BCUT2D eigenvalue weighted by Crippen LogP contribution is 2.37. The molecule has 3 rings (SSSR count). The van der Waals surface area contributed by atoms with Crippen LogP contribution < -0.4 is 9.47 Å². The number of aromatic nitrogens is 1. The van der Waals surface area contributed by atoms with Crippen LogP contribution in [0.15, 0.2) is 54.1 Å². The van der Waals surface area contributed by atoms with Gasteiger partial charge in [0, 0.05) is 18.8 Å². The van der Waals surface area contributed by atoms with Gasteiger partial charge in [-0.05, 0) is 29.8 Å². The van der Waals surface area contributed by atoms with Gasteiger partial charge in [0.25, 0.3) is 11.8 Å². The number of thiocarbonyl (C=S) groups is 1. The number of nitro groups is 1. The molecule has 1 amide bonds. The van der Waals surface area contributed by atoms with Gasteiger partial charge in [0.05, 0.1) is 16.9 Å². The molecule has 29 heavy (non-hydrogen) atoms. The molecule has 0 radical (unpaired) electrons. The van der Waals surface area contributed by atoms with E-state index in [0.717, 1.165) is 0 Å². The van der Waals surface area contributed by atoms with Crippen LogP contribution in [0.3, 0.4) is 0 Å². The maximum Gasteiger partial charge on any atom is 0.331 e. The minimum Gasteiger partial charge on any atom is -0.493 e. The molecule has 0 spiro atoms. The summed E-state index contributed by atoms with van der Waals surface area (Å²) in [5, 5.41) is 11.1. The van der Waals surface area contributed by atoms with Gasteiger partial charge in [0.15, 0.2) is 11.5 Å². The van der Waals surface area contributed by atoms with Gasteiger partial charge in [0.1, 0.15) is 4.32 Å². The smallest absolute Gasteiger partial charge is 0.331 e. The van der Waals surface area contributed by atoms with Gasteiger partial charge in [-0.25, -0.2) is 4.98 Å². The van der Waals surface area contributed by atoms with E-state index < -0.39 is 4.92 Å². The summed E-state index contributed by atoms with van der Waals surface area (Å²) < 4.78 is 11.4. The van der Waals surface area contributed by atoms with Crippen molar-refractivity contribution in [2.45, 2.75) is 0 Å². The monoisotopic (exact) mass is 429 g/mol. The fourth-order valence-electron chi connectivity index (χ4n) is 2.50. The van der Waals surface area contributed by atoms with Crippen molar-refractivity contribution >= 4 is 46.0 Å². The topological polar surface area (TPSA) is 94.8 Å². The van der Waals surface area contributed by atoms with Crippen molar-refractivity contribution < 1.29 is 19.2 Å². The highest BCUT2D eigenvalue weighted by molar-refractivity contribution is 8.26. The van der Waals surface area contributed by atoms with Crippen molar-refractivity contribution in [1.82, 2.24) is 9.88 Å². The normalized spacial score (nSPS) is 14.9. The Labute approximate surface area is 176 Å². The van der Waals surface area contributed by atoms with E-state index in [9.17, 15) is 14.9 Å². The summed E-state index contributed by atoms with van der Waals surface area (Å²) in [6, 6.07) is 7.70. The van der Waals surface area contributed by atoms with Crippen molar-refractivity contribution in [3.05, 3.63) is 69.8 Å². The zero-order valence-corrected chi connectivity index (χ0v) is 16.9. The maximum absolute atomic E-state index is 12.4. The van der Waals surface area contributed by atoms with Gasteiger partial charge >= 0.3 is 5.69 Å². The molecular weight excluding hydrogens is 414 g/mol. The van der Waals surface area contributed by atoms with Gasteiger partial charge < -0.3 is 9.47 Å². The quantitative estimate of drug-likeness (QED) is 0.213. The summed E-state index contributed by atoms with van der Waals surface area (Å²) in [5.74, 6) is 0.253. The summed E-state index contributed by atoms with van der Waals surface area (Å²) in [7, 11) is 1.45. The van der Waals surface area contributed by atoms with Gasteiger partial charge in [0.2, 0.25) is 0 Å². The molecular formula is C19H15N3O5S2. The number of hydrogen-bond acceptors (Lipinski definition) is 8. The summed E-state index contributed by atoms with van der Waals surface area (Å²) in [6.07, 6.45) is 4.70. The molecule has 0 saturated carbocycles. The fraction of sp³-hybridized carbons (Fsp3) is 0.105. The molecule has 0 N–H and O–H groups in total. The van der Waals surface area contributed by atoms with Crippen LogP contribution >= 0.6 is 24.0 Å². The maximum atomic E-state index is 12.4. The number of ether oxygens (including phenoxy) is 2. The highest BCUT2D eigenvalue weighted by atomic mass is 32.2. The number of methoxy groups -OCH3 is 1. The molecule has 10 heteroatoms. The third kappa shape index (κ3) is 4.44. The molecule has 0 bridgehead atoms. The lowest BCUT2D eigenvalue weighted by Gasteiger charge is -2.11. The van der Waals surface area contributed by atoms with Crippen LogP contribution in [0.4, 0.5) is 5.69 Å². The van der Waals surface area contributed by atoms with E-state index in [1.165, 1.54) is 42.1 Å². The third-order valence-electron chi connectivity index (χ3n) is 3.83. The Hall–Kier alpha value is -3.24. The number of pyridine rings is 1. The van der Waals surface area contributed by atoms with Crippen LogP contribution in [-0.4, -0.2) is 38.7 Å². The van der Waals surface area contributed by atoms with Crippen molar-refractivity contribution in [2.24, 2.45) is 0 Å². The van der Waals surface area contributed by atoms with E-state index in [-0.39, 0.29) is 23.2 Å². The summed E-state index contributed by atoms with van der Waals surface area (Å²) in [4.78, 5) is 28.9. The first-order chi connectivity index (χ1) is 13.9. The van der Waals surface area contributed by atoms with Crippen LogP contribution in [0.2, 0.25) is 0 Å². The summed E-state index contributed by atoms with van der Waals surface area (Å²) in [6.45, 7) is 3.97. The SMILES string of the molecule is C=CCN1C(=O)/C(=C\c2ccc(Oc3ncccc3[N+](=O)[O-])c(OC)c2)SC1=S. The zero-order chi connectivity index (χ0) is 21.0. The number of rotatable bonds is 7. The van der Waals surface area contributed by atoms with Crippen LogP contribution in [0.1, 0.15) is 5.56 Å². The molecule has 1 aliphatic rings. The Kier molecular flexibility index (Phi) is 6.25. The van der Waals surface area contributed by atoms with Gasteiger partial charge in [-0.1, -0.05) is 36.1 Å². The highest BCUT2D eigenvalue weighted by Gasteiger charge is 2.31. The lowest BCUT2D eigenvalue weighted by Crippen LogP contribution is -2.27. The Balaban J connectivity index is 1.89. The van der Waals surface area contributed by atoms with E-state index >= 15 is 0 Å². The second-order valence-electron chi connectivity index (χ2n) is 5.68. The molecule has 1 fully saturated rings. The van der Waals surface area contributed by atoms with E-state index in [1.807, 2.05) is 0 Å². The summed E-state index contributed by atoms with van der Waals surface area (Å²) >= 11 is 6.43. The Bertz CT molecular complexity index is 1040. The molecule has 148 valence electrons. The van der Waals surface area contributed by atoms with Crippen LogP contribution in [0, 0.1) is 10.1 Å². The molecule has 1 aliphatic heterocycles. The largest absolute Gasteiger partial charge is 0.493 e. The molecule has 8 nitrogen and oxygen atoms in total. The average molecular weight is 429 g/mol. The van der Waals surface area contributed by atoms with Crippen LogP contribution in [0.5, 0.6) is 17.4 Å².